The average molecular weight is 220 g/mol. The van der Waals surface area contributed by atoms with Crippen molar-refractivity contribution in [2.75, 3.05) is 13.6 Å². The molecule has 0 aromatic carbocycles. The minimum Gasteiger partial charge on any atom is -0.477 e. The van der Waals surface area contributed by atoms with Gasteiger partial charge in [-0.1, -0.05) is 6.07 Å². The number of nitrogens with zero attached hydrogens (tertiary/aromatic N) is 2. The summed E-state index contributed by atoms with van der Waals surface area (Å²) in [5.41, 5.74) is 0.945. The first-order valence-electron chi connectivity index (χ1n) is 5.53. The van der Waals surface area contributed by atoms with Crippen LogP contribution < -0.4 is 0 Å². The second-order valence-corrected chi connectivity index (χ2v) is 4.46. The molecule has 0 atom stereocenters. The summed E-state index contributed by atoms with van der Waals surface area (Å²) >= 11 is 0. The highest BCUT2D eigenvalue weighted by molar-refractivity contribution is 5.85. The van der Waals surface area contributed by atoms with Crippen molar-refractivity contribution >= 4 is 5.97 Å². The van der Waals surface area contributed by atoms with Crippen LogP contribution in [0.3, 0.4) is 0 Å². The maximum absolute atomic E-state index is 10.8. The number of pyridine rings is 1. The zero-order valence-electron chi connectivity index (χ0n) is 9.39. The lowest BCUT2D eigenvalue weighted by atomic mass is 10.3. The fourth-order valence-electron chi connectivity index (χ4n) is 1.77. The number of hydrogen-bond acceptors (Lipinski definition) is 3. The highest BCUT2D eigenvalue weighted by atomic mass is 16.4. The molecule has 1 aliphatic rings. The van der Waals surface area contributed by atoms with E-state index in [1.807, 2.05) is 13.1 Å². The van der Waals surface area contributed by atoms with Gasteiger partial charge >= 0.3 is 5.97 Å². The molecule has 0 radical (unpaired) electrons. The Hall–Kier alpha value is -1.42. The zero-order chi connectivity index (χ0) is 11.5. The second kappa shape index (κ2) is 4.61. The van der Waals surface area contributed by atoms with Crippen molar-refractivity contribution in [3.8, 4) is 0 Å². The Labute approximate surface area is 94.9 Å². The Morgan fingerprint density at radius 2 is 2.31 bits per heavy atom. The van der Waals surface area contributed by atoms with Gasteiger partial charge in [-0.3, -0.25) is 0 Å². The highest BCUT2D eigenvalue weighted by Gasteiger charge is 2.22. The van der Waals surface area contributed by atoms with Crippen molar-refractivity contribution < 1.29 is 9.90 Å². The highest BCUT2D eigenvalue weighted by Crippen LogP contribution is 2.29. The number of aromatic nitrogens is 1. The van der Waals surface area contributed by atoms with E-state index in [4.69, 9.17) is 5.11 Å². The number of carbonyl (C=O) groups is 1. The second-order valence-electron chi connectivity index (χ2n) is 4.46. The molecule has 1 heterocycles. The number of aromatic carboxylic acids is 1. The van der Waals surface area contributed by atoms with E-state index in [-0.39, 0.29) is 5.69 Å². The number of rotatable bonds is 5. The maximum atomic E-state index is 10.8. The van der Waals surface area contributed by atoms with Crippen LogP contribution in [0.15, 0.2) is 18.2 Å². The van der Waals surface area contributed by atoms with Crippen LogP contribution in [-0.2, 0) is 6.54 Å². The normalized spacial score (nSPS) is 15.4. The Bertz CT molecular complexity index is 388. The molecular weight excluding hydrogens is 204 g/mol. The summed E-state index contributed by atoms with van der Waals surface area (Å²) in [6.07, 6.45) is 2.65. The van der Waals surface area contributed by atoms with E-state index in [1.165, 1.54) is 18.9 Å². The molecule has 0 amide bonds. The van der Waals surface area contributed by atoms with Gasteiger partial charge in [0.25, 0.3) is 0 Å². The minimum absolute atomic E-state index is 0.123. The van der Waals surface area contributed by atoms with E-state index in [0.717, 1.165) is 24.7 Å². The van der Waals surface area contributed by atoms with Gasteiger partial charge in [-0.2, -0.15) is 0 Å². The fourth-order valence-corrected chi connectivity index (χ4v) is 1.77. The molecule has 4 heteroatoms. The van der Waals surface area contributed by atoms with Crippen molar-refractivity contribution in [3.05, 3.63) is 29.6 Å². The molecule has 16 heavy (non-hydrogen) atoms. The van der Waals surface area contributed by atoms with Crippen molar-refractivity contribution in [1.29, 1.82) is 0 Å². The van der Waals surface area contributed by atoms with Crippen molar-refractivity contribution in [1.82, 2.24) is 9.88 Å². The Morgan fingerprint density at radius 3 is 2.94 bits per heavy atom. The molecule has 0 unspecified atom stereocenters. The van der Waals surface area contributed by atoms with E-state index >= 15 is 0 Å². The molecule has 0 bridgehead atoms. The molecule has 0 aliphatic heterocycles. The Balaban J connectivity index is 1.96. The van der Waals surface area contributed by atoms with Gasteiger partial charge in [0.05, 0.1) is 5.69 Å². The van der Waals surface area contributed by atoms with Crippen LogP contribution in [0.4, 0.5) is 0 Å². The zero-order valence-corrected chi connectivity index (χ0v) is 9.39. The summed E-state index contributed by atoms with van der Waals surface area (Å²) in [6.45, 7) is 1.80. The summed E-state index contributed by atoms with van der Waals surface area (Å²) in [7, 11) is 2.05. The Morgan fingerprint density at radius 1 is 1.56 bits per heavy atom. The van der Waals surface area contributed by atoms with E-state index in [9.17, 15) is 4.79 Å². The van der Waals surface area contributed by atoms with Crippen LogP contribution in [-0.4, -0.2) is 34.6 Å². The molecule has 1 saturated carbocycles. The molecule has 1 aromatic heterocycles. The smallest absolute Gasteiger partial charge is 0.354 e. The maximum Gasteiger partial charge on any atom is 0.354 e. The average Bonchev–Trinajstić information content (AvgIpc) is 3.01. The van der Waals surface area contributed by atoms with Gasteiger partial charge in [0.15, 0.2) is 0 Å². The van der Waals surface area contributed by atoms with E-state index in [2.05, 4.69) is 9.88 Å². The largest absolute Gasteiger partial charge is 0.477 e. The topological polar surface area (TPSA) is 53.4 Å². The Kier molecular flexibility index (Phi) is 3.19. The minimum atomic E-state index is -0.966. The van der Waals surface area contributed by atoms with Gasteiger partial charge in [-0.25, -0.2) is 9.78 Å². The lowest BCUT2D eigenvalue weighted by Gasteiger charge is -2.15. The standard InChI is InChI=1S/C12H16N2O2/c1-14(7-9-5-6-9)8-10-3-2-4-11(13-10)12(15)16/h2-4,9H,5-8H2,1H3,(H,15,16). The monoisotopic (exact) mass is 220 g/mol. The van der Waals surface area contributed by atoms with Gasteiger partial charge in [-0.05, 0) is 37.9 Å². The molecule has 1 aromatic rings. The molecule has 0 spiro atoms. The summed E-state index contributed by atoms with van der Waals surface area (Å²) in [4.78, 5) is 17.0. The SMILES string of the molecule is CN(Cc1cccc(C(=O)O)n1)CC1CC1. The number of carboxylic acid groups (broad SMARTS) is 1. The van der Waals surface area contributed by atoms with E-state index in [1.54, 1.807) is 6.07 Å². The van der Waals surface area contributed by atoms with Crippen LogP contribution in [0.5, 0.6) is 0 Å². The van der Waals surface area contributed by atoms with Crippen molar-refractivity contribution in [2.24, 2.45) is 5.92 Å². The first-order chi connectivity index (χ1) is 7.65. The fraction of sp³-hybridized carbons (Fsp3) is 0.500. The lowest BCUT2D eigenvalue weighted by Crippen LogP contribution is -2.21. The predicted molar refractivity (Wildman–Crippen MR) is 60.3 cm³/mol. The third-order valence-corrected chi connectivity index (χ3v) is 2.72. The van der Waals surface area contributed by atoms with Crippen LogP contribution in [0.2, 0.25) is 0 Å². The molecule has 1 fully saturated rings. The first-order valence-corrected chi connectivity index (χ1v) is 5.53. The summed E-state index contributed by atoms with van der Waals surface area (Å²) in [5.74, 6) is -0.126. The predicted octanol–water partition coefficient (Wildman–Crippen LogP) is 1.62. The number of carboxylic acids is 1. The van der Waals surface area contributed by atoms with Gasteiger partial charge < -0.3 is 10.0 Å². The van der Waals surface area contributed by atoms with Gasteiger partial charge in [0.2, 0.25) is 0 Å². The number of hydrogen-bond donors (Lipinski definition) is 1. The van der Waals surface area contributed by atoms with Crippen LogP contribution in [0.25, 0.3) is 0 Å². The summed E-state index contributed by atoms with van der Waals surface area (Å²) in [5, 5.41) is 8.82. The van der Waals surface area contributed by atoms with Gasteiger partial charge in [-0.15, -0.1) is 0 Å². The van der Waals surface area contributed by atoms with Gasteiger partial charge in [0.1, 0.15) is 5.69 Å². The van der Waals surface area contributed by atoms with E-state index < -0.39 is 5.97 Å². The van der Waals surface area contributed by atoms with Crippen LogP contribution in [0, 0.1) is 5.92 Å². The third kappa shape index (κ3) is 3.03. The molecular formula is C12H16N2O2. The molecule has 2 rings (SSSR count). The molecule has 0 saturated heterocycles. The first kappa shape index (κ1) is 11.1. The molecule has 4 nitrogen and oxygen atoms in total. The molecule has 1 N–H and O–H groups in total. The summed E-state index contributed by atoms with van der Waals surface area (Å²) in [6, 6.07) is 5.14. The molecule has 1 aliphatic carbocycles. The van der Waals surface area contributed by atoms with Gasteiger partial charge in [0, 0.05) is 13.1 Å². The summed E-state index contributed by atoms with van der Waals surface area (Å²) < 4.78 is 0. The third-order valence-electron chi connectivity index (χ3n) is 2.72. The lowest BCUT2D eigenvalue weighted by molar-refractivity contribution is 0.0690. The quantitative estimate of drug-likeness (QED) is 0.819. The molecule has 86 valence electrons. The van der Waals surface area contributed by atoms with Crippen LogP contribution >= 0.6 is 0 Å². The van der Waals surface area contributed by atoms with Crippen LogP contribution in [0.1, 0.15) is 29.0 Å². The van der Waals surface area contributed by atoms with Crippen molar-refractivity contribution in [2.45, 2.75) is 19.4 Å². The van der Waals surface area contributed by atoms with E-state index in [0.29, 0.717) is 0 Å². The van der Waals surface area contributed by atoms with Crippen molar-refractivity contribution in [3.63, 3.8) is 0 Å².